The molecule has 2 atom stereocenters. The molecule has 1 aliphatic carbocycles. The van der Waals surface area contributed by atoms with Gasteiger partial charge in [0.2, 0.25) is 0 Å². The Balaban J connectivity index is 0.00000338. The maximum Gasteiger partial charge on any atom is 0.191 e. The normalized spacial score (nSPS) is 21.5. The van der Waals surface area contributed by atoms with E-state index in [4.69, 9.17) is 4.74 Å². The van der Waals surface area contributed by atoms with Gasteiger partial charge in [-0.15, -0.1) is 35.3 Å². The minimum atomic E-state index is 0. The molecule has 0 aliphatic heterocycles. The summed E-state index contributed by atoms with van der Waals surface area (Å²) in [4.78, 5) is 11.0. The molecule has 1 aliphatic rings. The Morgan fingerprint density at radius 1 is 1.46 bits per heavy atom. The molecule has 8 heteroatoms. The Hall–Kier alpha value is -0.610. The number of rotatable bonds is 8. The van der Waals surface area contributed by atoms with Crippen LogP contribution in [-0.4, -0.2) is 50.8 Å². The second-order valence-electron chi connectivity index (χ2n) is 7.41. The van der Waals surface area contributed by atoms with Crippen molar-refractivity contribution in [3.05, 3.63) is 11.1 Å². The smallest absolute Gasteiger partial charge is 0.191 e. The summed E-state index contributed by atoms with van der Waals surface area (Å²) in [6, 6.07) is 0.373. The standard InChI is InChI=1S/C18H33N5OS.HI/c1-7-8-9-24-15-10-14(18(15,2)3)22-16(19-4)20-11-13-12-25-17(21-13)23(5)6;/h12,14-15H,7-11H2,1-6H3,(H2,19,20,22);1H. The van der Waals surface area contributed by atoms with Gasteiger partial charge in [-0.25, -0.2) is 4.98 Å². The first-order chi connectivity index (χ1) is 11.9. The molecule has 1 heterocycles. The van der Waals surface area contributed by atoms with Crippen LogP contribution in [-0.2, 0) is 11.3 Å². The fourth-order valence-electron chi connectivity index (χ4n) is 2.90. The molecular weight excluding hydrogens is 461 g/mol. The Kier molecular flexibility index (Phi) is 9.60. The van der Waals surface area contributed by atoms with Crippen molar-refractivity contribution in [1.82, 2.24) is 15.6 Å². The number of halogens is 1. The third-order valence-electron chi connectivity index (χ3n) is 4.89. The second-order valence-corrected chi connectivity index (χ2v) is 8.25. The van der Waals surface area contributed by atoms with E-state index in [1.165, 1.54) is 6.42 Å². The largest absolute Gasteiger partial charge is 0.378 e. The molecule has 1 aromatic heterocycles. The summed E-state index contributed by atoms with van der Waals surface area (Å²) in [6.45, 7) is 8.26. The summed E-state index contributed by atoms with van der Waals surface area (Å²) in [6.07, 6.45) is 3.67. The van der Waals surface area contributed by atoms with Gasteiger partial charge in [0, 0.05) is 44.6 Å². The minimum absolute atomic E-state index is 0. The van der Waals surface area contributed by atoms with Crippen molar-refractivity contribution in [3.63, 3.8) is 0 Å². The van der Waals surface area contributed by atoms with Crippen LogP contribution >= 0.6 is 35.3 Å². The molecule has 0 saturated heterocycles. The third kappa shape index (κ3) is 5.95. The van der Waals surface area contributed by atoms with E-state index in [9.17, 15) is 0 Å². The SMILES string of the molecule is CCCCOC1CC(NC(=NC)NCc2csc(N(C)C)n2)C1(C)C.I. The highest BCUT2D eigenvalue weighted by Gasteiger charge is 2.49. The van der Waals surface area contributed by atoms with Crippen molar-refractivity contribution < 1.29 is 4.74 Å². The average Bonchev–Trinajstić information content (AvgIpc) is 3.05. The van der Waals surface area contributed by atoms with Gasteiger partial charge in [-0.2, -0.15) is 0 Å². The first-order valence-corrected chi connectivity index (χ1v) is 9.97. The van der Waals surface area contributed by atoms with Gasteiger partial charge in [-0.05, 0) is 12.8 Å². The zero-order valence-corrected chi connectivity index (χ0v) is 20.0. The lowest BCUT2D eigenvalue weighted by Crippen LogP contribution is -2.63. The summed E-state index contributed by atoms with van der Waals surface area (Å²) >= 11 is 1.65. The van der Waals surface area contributed by atoms with Gasteiger partial charge in [0.15, 0.2) is 11.1 Å². The first-order valence-electron chi connectivity index (χ1n) is 9.09. The summed E-state index contributed by atoms with van der Waals surface area (Å²) in [5, 5.41) is 10.0. The van der Waals surface area contributed by atoms with Gasteiger partial charge in [-0.3, -0.25) is 4.99 Å². The minimum Gasteiger partial charge on any atom is -0.378 e. The maximum atomic E-state index is 6.02. The number of nitrogens with zero attached hydrogens (tertiary/aromatic N) is 3. The number of guanidine groups is 1. The van der Waals surface area contributed by atoms with E-state index >= 15 is 0 Å². The van der Waals surface area contributed by atoms with Crippen LogP contribution in [0.25, 0.3) is 0 Å². The second kappa shape index (κ2) is 10.7. The monoisotopic (exact) mass is 495 g/mol. The molecule has 1 aromatic rings. The lowest BCUT2D eigenvalue weighted by molar-refractivity contribution is -0.113. The number of nitrogens with one attached hydrogen (secondary N) is 2. The number of thiazole rings is 1. The maximum absolute atomic E-state index is 6.02. The highest BCUT2D eigenvalue weighted by Crippen LogP contribution is 2.42. The number of aromatic nitrogens is 1. The van der Waals surface area contributed by atoms with Crippen molar-refractivity contribution in [2.75, 3.05) is 32.6 Å². The first kappa shape index (κ1) is 23.4. The van der Waals surface area contributed by atoms with E-state index in [0.717, 1.165) is 36.2 Å². The van der Waals surface area contributed by atoms with Gasteiger partial charge >= 0.3 is 0 Å². The molecule has 2 N–H and O–H groups in total. The Morgan fingerprint density at radius 2 is 2.19 bits per heavy atom. The number of aliphatic imine (C=N–C) groups is 1. The van der Waals surface area contributed by atoms with Crippen molar-refractivity contribution >= 4 is 46.4 Å². The van der Waals surface area contributed by atoms with Crippen molar-refractivity contribution in [2.24, 2.45) is 10.4 Å². The van der Waals surface area contributed by atoms with Gasteiger partial charge in [0.05, 0.1) is 18.3 Å². The fourth-order valence-corrected chi connectivity index (χ4v) is 3.66. The summed E-state index contributed by atoms with van der Waals surface area (Å²) in [5.41, 5.74) is 1.15. The molecule has 0 spiro atoms. The van der Waals surface area contributed by atoms with Gasteiger partial charge in [0.25, 0.3) is 0 Å². The topological polar surface area (TPSA) is 61.8 Å². The van der Waals surface area contributed by atoms with Crippen molar-refractivity contribution in [2.45, 2.75) is 58.7 Å². The predicted octanol–water partition coefficient (Wildman–Crippen LogP) is 3.48. The van der Waals surface area contributed by atoms with Crippen LogP contribution in [0.15, 0.2) is 10.4 Å². The lowest BCUT2D eigenvalue weighted by Gasteiger charge is -2.52. The van der Waals surface area contributed by atoms with E-state index < -0.39 is 0 Å². The molecule has 0 amide bonds. The number of hydrogen-bond acceptors (Lipinski definition) is 5. The van der Waals surface area contributed by atoms with Crippen LogP contribution in [0.1, 0.15) is 45.7 Å². The van der Waals surface area contributed by atoms with Crippen LogP contribution in [0.5, 0.6) is 0 Å². The highest BCUT2D eigenvalue weighted by atomic mass is 127. The van der Waals surface area contributed by atoms with Crippen molar-refractivity contribution in [1.29, 1.82) is 0 Å². The predicted molar refractivity (Wildman–Crippen MR) is 122 cm³/mol. The van der Waals surface area contributed by atoms with Crippen LogP contribution in [0.4, 0.5) is 5.13 Å². The quantitative estimate of drug-likeness (QED) is 0.250. The highest BCUT2D eigenvalue weighted by molar-refractivity contribution is 14.0. The van der Waals surface area contributed by atoms with Crippen LogP contribution in [0.2, 0.25) is 0 Å². The van der Waals surface area contributed by atoms with Gasteiger partial charge in [-0.1, -0.05) is 27.2 Å². The Labute approximate surface area is 179 Å². The molecule has 0 aromatic carbocycles. The molecule has 26 heavy (non-hydrogen) atoms. The molecule has 0 radical (unpaired) electrons. The Morgan fingerprint density at radius 3 is 2.73 bits per heavy atom. The lowest BCUT2D eigenvalue weighted by atomic mass is 9.64. The van der Waals surface area contributed by atoms with Crippen LogP contribution in [0, 0.1) is 5.41 Å². The molecule has 2 rings (SSSR count). The average molecular weight is 495 g/mol. The van der Waals surface area contributed by atoms with E-state index in [0.29, 0.717) is 18.7 Å². The van der Waals surface area contributed by atoms with Gasteiger partial charge in [0.1, 0.15) is 0 Å². The summed E-state index contributed by atoms with van der Waals surface area (Å²) in [5.74, 6) is 0.824. The van der Waals surface area contributed by atoms with Crippen LogP contribution in [0.3, 0.4) is 0 Å². The fraction of sp³-hybridized carbons (Fsp3) is 0.778. The zero-order chi connectivity index (χ0) is 18.4. The number of hydrogen-bond donors (Lipinski definition) is 2. The van der Waals surface area contributed by atoms with Crippen molar-refractivity contribution in [3.8, 4) is 0 Å². The number of ether oxygens (including phenoxy) is 1. The molecular formula is C18H34IN5OS. The molecule has 1 saturated carbocycles. The summed E-state index contributed by atoms with van der Waals surface area (Å²) in [7, 11) is 5.82. The molecule has 150 valence electrons. The molecule has 0 bridgehead atoms. The summed E-state index contributed by atoms with van der Waals surface area (Å²) < 4.78 is 6.02. The van der Waals surface area contributed by atoms with Gasteiger partial charge < -0.3 is 20.3 Å². The number of unbranched alkanes of at least 4 members (excludes halogenated alkanes) is 1. The van der Waals surface area contributed by atoms with E-state index in [-0.39, 0.29) is 29.4 Å². The number of anilines is 1. The van der Waals surface area contributed by atoms with E-state index in [1.807, 2.05) is 26.0 Å². The molecule has 2 unspecified atom stereocenters. The molecule has 6 nitrogen and oxygen atoms in total. The Bertz CT molecular complexity index is 576. The zero-order valence-electron chi connectivity index (χ0n) is 16.8. The third-order valence-corrected chi connectivity index (χ3v) is 5.95. The van der Waals surface area contributed by atoms with Crippen LogP contribution < -0.4 is 15.5 Å². The van der Waals surface area contributed by atoms with E-state index in [1.54, 1.807) is 11.3 Å². The van der Waals surface area contributed by atoms with E-state index in [2.05, 4.69) is 46.8 Å². The molecule has 1 fully saturated rings.